The summed E-state index contributed by atoms with van der Waals surface area (Å²) in [5, 5.41) is 0. The van der Waals surface area contributed by atoms with Gasteiger partial charge in [-0.3, -0.25) is 4.79 Å². The number of esters is 1. The standard InChI is InChI=1S/C25H24F3N3O3/c26-25(27,28)24(33)34-22-15-20(30-10-1-2-11-30)6-7-21(22)23(32)31-12-8-18(9-13-31)19-5-3-4-17(14-19)16-29/h1-7,10-11,14-15,18H,8-9,12-13,16,29H2. The monoisotopic (exact) mass is 471 g/mol. The Kier molecular flexibility index (Phi) is 6.74. The van der Waals surface area contributed by atoms with Gasteiger partial charge in [0.2, 0.25) is 0 Å². The van der Waals surface area contributed by atoms with E-state index >= 15 is 0 Å². The molecule has 178 valence electrons. The Labute approximate surface area is 194 Å². The molecule has 1 fully saturated rings. The largest absolute Gasteiger partial charge is 0.491 e. The van der Waals surface area contributed by atoms with Gasteiger partial charge in [-0.15, -0.1) is 0 Å². The maximum Gasteiger partial charge on any atom is 0.491 e. The van der Waals surface area contributed by atoms with Crippen LogP contribution in [0.1, 0.15) is 40.2 Å². The number of ether oxygens (including phenoxy) is 1. The topological polar surface area (TPSA) is 77.6 Å². The van der Waals surface area contributed by atoms with E-state index in [1.807, 2.05) is 18.2 Å². The fourth-order valence-corrected chi connectivity index (χ4v) is 4.16. The van der Waals surface area contributed by atoms with E-state index in [2.05, 4.69) is 10.8 Å². The fraction of sp³-hybridized carbons (Fsp3) is 0.280. The zero-order chi connectivity index (χ0) is 24.3. The van der Waals surface area contributed by atoms with E-state index in [0.717, 1.165) is 11.1 Å². The van der Waals surface area contributed by atoms with Crippen LogP contribution in [0, 0.1) is 0 Å². The van der Waals surface area contributed by atoms with Crippen molar-refractivity contribution in [3.63, 3.8) is 0 Å². The Morgan fingerprint density at radius 1 is 1.00 bits per heavy atom. The quantitative estimate of drug-likeness (QED) is 0.441. The van der Waals surface area contributed by atoms with Crippen LogP contribution in [-0.4, -0.2) is 40.6 Å². The Balaban J connectivity index is 1.54. The van der Waals surface area contributed by atoms with Crippen molar-refractivity contribution in [3.05, 3.63) is 83.7 Å². The van der Waals surface area contributed by atoms with E-state index in [-0.39, 0.29) is 11.5 Å². The second-order valence-electron chi connectivity index (χ2n) is 8.17. The Morgan fingerprint density at radius 2 is 1.71 bits per heavy atom. The molecular formula is C25H24F3N3O3. The average molecular weight is 471 g/mol. The summed E-state index contributed by atoms with van der Waals surface area (Å²) < 4.78 is 44.9. The average Bonchev–Trinajstić information content (AvgIpc) is 3.38. The molecule has 3 aromatic rings. The number of rotatable bonds is 5. The first-order valence-corrected chi connectivity index (χ1v) is 10.9. The second kappa shape index (κ2) is 9.72. The molecule has 0 aliphatic carbocycles. The van der Waals surface area contributed by atoms with Gasteiger partial charge in [-0.1, -0.05) is 24.3 Å². The van der Waals surface area contributed by atoms with E-state index in [0.29, 0.717) is 38.2 Å². The minimum absolute atomic E-state index is 0.0860. The molecule has 0 bridgehead atoms. The van der Waals surface area contributed by atoms with Crippen LogP contribution in [0.25, 0.3) is 5.69 Å². The number of hydrogen-bond donors (Lipinski definition) is 1. The maximum atomic E-state index is 13.2. The van der Waals surface area contributed by atoms with Gasteiger partial charge in [-0.2, -0.15) is 13.2 Å². The minimum Gasteiger partial charge on any atom is -0.419 e. The number of amides is 1. The Morgan fingerprint density at radius 3 is 2.35 bits per heavy atom. The number of carbonyl (C=O) groups is 2. The molecular weight excluding hydrogens is 447 g/mol. The number of nitrogens with two attached hydrogens (primary N) is 1. The molecule has 1 amide bonds. The van der Waals surface area contributed by atoms with Gasteiger partial charge in [-0.05, 0) is 54.2 Å². The summed E-state index contributed by atoms with van der Waals surface area (Å²) >= 11 is 0. The van der Waals surface area contributed by atoms with Crippen molar-refractivity contribution in [3.8, 4) is 11.4 Å². The normalized spacial score (nSPS) is 14.8. The fourth-order valence-electron chi connectivity index (χ4n) is 4.16. The van der Waals surface area contributed by atoms with Crippen LogP contribution >= 0.6 is 0 Å². The summed E-state index contributed by atoms with van der Waals surface area (Å²) in [6.45, 7) is 1.31. The Hall–Kier alpha value is -3.59. The first-order valence-electron chi connectivity index (χ1n) is 10.9. The summed E-state index contributed by atoms with van der Waals surface area (Å²) in [7, 11) is 0. The number of halogens is 3. The number of alkyl halides is 3. The minimum atomic E-state index is -5.18. The lowest BCUT2D eigenvalue weighted by atomic mass is 9.88. The van der Waals surface area contributed by atoms with Gasteiger partial charge in [0.15, 0.2) is 0 Å². The molecule has 1 aliphatic rings. The lowest BCUT2D eigenvalue weighted by Crippen LogP contribution is -2.38. The SMILES string of the molecule is NCc1cccc(C2CCN(C(=O)c3ccc(-n4cccc4)cc3OC(=O)C(F)(F)F)CC2)c1. The number of nitrogens with zero attached hydrogens (tertiary/aromatic N) is 2. The predicted molar refractivity (Wildman–Crippen MR) is 120 cm³/mol. The van der Waals surface area contributed by atoms with Gasteiger partial charge in [0.25, 0.3) is 5.91 Å². The molecule has 0 saturated carbocycles. The van der Waals surface area contributed by atoms with E-state index in [1.165, 1.54) is 12.1 Å². The smallest absolute Gasteiger partial charge is 0.419 e. The molecule has 1 aromatic heterocycles. The van der Waals surface area contributed by atoms with Gasteiger partial charge in [-0.25, -0.2) is 4.79 Å². The van der Waals surface area contributed by atoms with Crippen LogP contribution in [0.4, 0.5) is 13.2 Å². The van der Waals surface area contributed by atoms with Crippen LogP contribution in [0.15, 0.2) is 67.0 Å². The van der Waals surface area contributed by atoms with Crippen molar-refractivity contribution < 1.29 is 27.5 Å². The van der Waals surface area contributed by atoms with Gasteiger partial charge < -0.3 is 19.9 Å². The summed E-state index contributed by atoms with van der Waals surface area (Å²) in [6, 6.07) is 15.8. The van der Waals surface area contributed by atoms with E-state index in [9.17, 15) is 22.8 Å². The van der Waals surface area contributed by atoms with E-state index < -0.39 is 23.8 Å². The highest BCUT2D eigenvalue weighted by molar-refractivity contribution is 5.98. The molecule has 1 saturated heterocycles. The molecule has 1 aliphatic heterocycles. The van der Waals surface area contributed by atoms with Crippen LogP contribution in [0.2, 0.25) is 0 Å². The second-order valence-corrected chi connectivity index (χ2v) is 8.17. The molecule has 9 heteroatoms. The Bertz CT molecular complexity index is 1170. The third kappa shape index (κ3) is 5.14. The lowest BCUT2D eigenvalue weighted by Gasteiger charge is -2.32. The van der Waals surface area contributed by atoms with Crippen LogP contribution in [-0.2, 0) is 11.3 Å². The number of likely N-dealkylation sites (tertiary alicyclic amines) is 1. The van der Waals surface area contributed by atoms with Crippen molar-refractivity contribution in [2.24, 2.45) is 5.73 Å². The first-order chi connectivity index (χ1) is 16.3. The van der Waals surface area contributed by atoms with E-state index in [4.69, 9.17) is 5.73 Å². The van der Waals surface area contributed by atoms with Crippen molar-refractivity contribution in [1.29, 1.82) is 0 Å². The summed E-state index contributed by atoms with van der Waals surface area (Å²) in [6.07, 6.45) is -0.384. The highest BCUT2D eigenvalue weighted by atomic mass is 19.4. The molecule has 6 nitrogen and oxygen atoms in total. The summed E-state index contributed by atoms with van der Waals surface area (Å²) in [5.41, 5.74) is 8.30. The lowest BCUT2D eigenvalue weighted by molar-refractivity contribution is -0.189. The molecule has 0 unspecified atom stereocenters. The summed E-state index contributed by atoms with van der Waals surface area (Å²) in [5.74, 6) is -3.01. The van der Waals surface area contributed by atoms with Gasteiger partial charge >= 0.3 is 12.1 Å². The van der Waals surface area contributed by atoms with Crippen LogP contribution < -0.4 is 10.5 Å². The molecule has 0 atom stereocenters. The summed E-state index contributed by atoms with van der Waals surface area (Å²) in [4.78, 5) is 26.4. The number of piperidine rings is 1. The van der Waals surface area contributed by atoms with Crippen LogP contribution in [0.5, 0.6) is 5.75 Å². The zero-order valence-corrected chi connectivity index (χ0v) is 18.3. The zero-order valence-electron chi connectivity index (χ0n) is 18.3. The number of aromatic nitrogens is 1. The van der Waals surface area contributed by atoms with Crippen molar-refractivity contribution in [1.82, 2.24) is 9.47 Å². The molecule has 2 heterocycles. The van der Waals surface area contributed by atoms with E-state index in [1.54, 1.807) is 40.1 Å². The molecule has 2 aromatic carbocycles. The highest BCUT2D eigenvalue weighted by Gasteiger charge is 2.42. The molecule has 0 spiro atoms. The molecule has 34 heavy (non-hydrogen) atoms. The van der Waals surface area contributed by atoms with Gasteiger partial charge in [0.1, 0.15) is 5.75 Å². The first kappa shape index (κ1) is 23.6. The van der Waals surface area contributed by atoms with Crippen molar-refractivity contribution >= 4 is 11.9 Å². The number of benzene rings is 2. The third-order valence-corrected chi connectivity index (χ3v) is 5.97. The van der Waals surface area contributed by atoms with Crippen LogP contribution in [0.3, 0.4) is 0 Å². The molecule has 0 radical (unpaired) electrons. The highest BCUT2D eigenvalue weighted by Crippen LogP contribution is 2.32. The number of carbonyl (C=O) groups excluding carboxylic acids is 2. The predicted octanol–water partition coefficient (Wildman–Crippen LogP) is 4.42. The number of hydrogen-bond acceptors (Lipinski definition) is 4. The van der Waals surface area contributed by atoms with Gasteiger partial charge in [0, 0.05) is 43.8 Å². The van der Waals surface area contributed by atoms with Crippen molar-refractivity contribution in [2.75, 3.05) is 13.1 Å². The van der Waals surface area contributed by atoms with Gasteiger partial charge in [0.05, 0.1) is 5.56 Å². The van der Waals surface area contributed by atoms with Crippen molar-refractivity contribution in [2.45, 2.75) is 31.5 Å². The maximum absolute atomic E-state index is 13.2. The third-order valence-electron chi connectivity index (χ3n) is 5.97. The molecule has 4 rings (SSSR count). The molecule has 2 N–H and O–H groups in total.